The average molecular weight is 481 g/mol. The number of fused-ring (bicyclic) bond motifs is 1. The van der Waals surface area contributed by atoms with E-state index in [1.165, 1.54) is 25.9 Å². The second kappa shape index (κ2) is 10.9. The highest BCUT2D eigenvalue weighted by atomic mass is 32.1. The minimum atomic E-state index is 0.631. The normalized spacial score (nSPS) is 13.6. The number of benzene rings is 2. The zero-order valence-corrected chi connectivity index (χ0v) is 21.1. The molecule has 0 amide bonds. The maximum atomic E-state index is 6.34. The molecule has 8 heteroatoms. The number of aryl methyl sites for hydroxylation is 2. The number of hydrogen-bond acceptors (Lipinski definition) is 6. The van der Waals surface area contributed by atoms with Crippen LogP contribution in [0, 0.1) is 13.8 Å². The van der Waals surface area contributed by atoms with Crippen LogP contribution in [-0.2, 0) is 0 Å². The van der Waals surface area contributed by atoms with Gasteiger partial charge in [0.25, 0.3) is 0 Å². The van der Waals surface area contributed by atoms with E-state index in [2.05, 4.69) is 26.6 Å². The number of likely N-dealkylation sites (tertiary alicyclic amines) is 1. The first-order chi connectivity index (χ1) is 16.5. The third-order valence-electron chi connectivity index (χ3n) is 6.11. The Kier molecular flexibility index (Phi) is 7.70. The molecule has 1 aliphatic rings. The molecule has 0 radical (unpaired) electrons. The number of nitrogens with zero attached hydrogens (tertiary/aromatic N) is 2. The number of nitrogens with one attached hydrogen (secondary N) is 2. The van der Waals surface area contributed by atoms with Gasteiger partial charge in [-0.25, -0.2) is 0 Å². The van der Waals surface area contributed by atoms with E-state index >= 15 is 0 Å². The molecule has 0 saturated carbocycles. The van der Waals surface area contributed by atoms with Gasteiger partial charge in [-0.05, 0) is 87.4 Å². The predicted octanol–water partition coefficient (Wildman–Crippen LogP) is 5.04. The van der Waals surface area contributed by atoms with Crippen LogP contribution in [-0.4, -0.2) is 55.4 Å². The van der Waals surface area contributed by atoms with Crippen molar-refractivity contribution >= 4 is 33.9 Å². The van der Waals surface area contributed by atoms with Crippen LogP contribution in [0.3, 0.4) is 0 Å². The topological polar surface area (TPSA) is 67.9 Å². The molecule has 7 nitrogen and oxygen atoms in total. The first-order valence-corrected chi connectivity index (χ1v) is 12.0. The number of thiocarbonyl (C=S) groups is 1. The minimum Gasteiger partial charge on any atom is -0.493 e. The Balaban J connectivity index is 1.47. The van der Waals surface area contributed by atoms with Crippen LogP contribution in [0.15, 0.2) is 36.5 Å². The summed E-state index contributed by atoms with van der Waals surface area (Å²) in [4.78, 5) is 6.92. The van der Waals surface area contributed by atoms with Crippen molar-refractivity contribution < 1.29 is 14.2 Å². The second-order valence-electron chi connectivity index (χ2n) is 8.50. The summed E-state index contributed by atoms with van der Waals surface area (Å²) in [6, 6.07) is 9.68. The third-order valence-corrected chi connectivity index (χ3v) is 6.36. The monoisotopic (exact) mass is 480 g/mol. The molecular weight excluding hydrogens is 448 g/mol. The van der Waals surface area contributed by atoms with Gasteiger partial charge in [0.2, 0.25) is 0 Å². The summed E-state index contributed by atoms with van der Waals surface area (Å²) in [5.74, 6) is 2.74. The molecule has 4 rings (SSSR count). The lowest BCUT2D eigenvalue weighted by atomic mass is 10.1. The van der Waals surface area contributed by atoms with Gasteiger partial charge in [-0.2, -0.15) is 0 Å². The number of methoxy groups -OCH3 is 2. The number of pyridine rings is 1. The molecule has 34 heavy (non-hydrogen) atoms. The van der Waals surface area contributed by atoms with Crippen molar-refractivity contribution in [3.05, 3.63) is 47.7 Å². The van der Waals surface area contributed by atoms with E-state index in [1.807, 2.05) is 38.1 Å². The average Bonchev–Trinajstić information content (AvgIpc) is 3.35. The first-order valence-electron chi connectivity index (χ1n) is 11.6. The minimum absolute atomic E-state index is 0.631. The molecular formula is C26H32N4O3S. The van der Waals surface area contributed by atoms with E-state index in [9.17, 15) is 0 Å². The molecule has 0 spiro atoms. The van der Waals surface area contributed by atoms with Crippen LogP contribution in [0.25, 0.3) is 10.9 Å². The molecule has 0 bridgehead atoms. The predicted molar refractivity (Wildman–Crippen MR) is 141 cm³/mol. The molecule has 2 aromatic carbocycles. The fraction of sp³-hybridized carbons (Fsp3) is 0.385. The standard InChI is InChI=1S/C26H32N4O3S/c1-17-14-23(18(2)13-20(17)29-26(34)28-9-12-30-10-5-6-11-30)33-22-7-8-27-21-16-25(32-4)24(31-3)15-19(21)22/h7-8,13-16H,5-6,9-12H2,1-4H3,(H2,28,29,34). The summed E-state index contributed by atoms with van der Waals surface area (Å²) in [5.41, 5.74) is 3.78. The van der Waals surface area contributed by atoms with Gasteiger partial charge in [-0.3, -0.25) is 4.98 Å². The fourth-order valence-corrected chi connectivity index (χ4v) is 4.40. The zero-order valence-electron chi connectivity index (χ0n) is 20.2. The highest BCUT2D eigenvalue weighted by molar-refractivity contribution is 7.80. The van der Waals surface area contributed by atoms with Gasteiger partial charge in [-0.1, -0.05) is 0 Å². The van der Waals surface area contributed by atoms with E-state index in [1.54, 1.807) is 20.4 Å². The van der Waals surface area contributed by atoms with E-state index in [4.69, 9.17) is 26.4 Å². The molecule has 1 aromatic heterocycles. The van der Waals surface area contributed by atoms with Crippen molar-refractivity contribution in [2.45, 2.75) is 26.7 Å². The Morgan fingerprint density at radius 3 is 2.44 bits per heavy atom. The number of rotatable bonds is 8. The largest absolute Gasteiger partial charge is 0.493 e. The molecule has 1 aliphatic heterocycles. The van der Waals surface area contributed by atoms with Crippen molar-refractivity contribution in [2.24, 2.45) is 0 Å². The molecule has 1 fully saturated rings. The van der Waals surface area contributed by atoms with E-state index in [-0.39, 0.29) is 0 Å². The number of anilines is 1. The summed E-state index contributed by atoms with van der Waals surface area (Å²) in [7, 11) is 3.23. The fourth-order valence-electron chi connectivity index (χ4n) is 4.19. The lowest BCUT2D eigenvalue weighted by Crippen LogP contribution is -2.35. The van der Waals surface area contributed by atoms with E-state index < -0.39 is 0 Å². The highest BCUT2D eigenvalue weighted by Crippen LogP contribution is 2.38. The highest BCUT2D eigenvalue weighted by Gasteiger charge is 2.14. The SMILES string of the molecule is COc1cc2nccc(Oc3cc(C)c(NC(=S)NCCN4CCCC4)cc3C)c2cc1OC. The van der Waals surface area contributed by atoms with Crippen molar-refractivity contribution in [3.63, 3.8) is 0 Å². The van der Waals surface area contributed by atoms with Gasteiger partial charge in [0.05, 0.1) is 19.7 Å². The summed E-state index contributed by atoms with van der Waals surface area (Å²) >= 11 is 5.51. The van der Waals surface area contributed by atoms with Gasteiger partial charge >= 0.3 is 0 Å². The van der Waals surface area contributed by atoms with Crippen LogP contribution >= 0.6 is 12.2 Å². The smallest absolute Gasteiger partial charge is 0.170 e. The molecule has 0 unspecified atom stereocenters. The molecule has 0 atom stereocenters. The Labute approximate surface area is 206 Å². The lowest BCUT2D eigenvalue weighted by molar-refractivity contribution is 0.344. The Hall–Kier alpha value is -3.10. The van der Waals surface area contributed by atoms with E-state index in [0.717, 1.165) is 46.6 Å². The maximum absolute atomic E-state index is 6.34. The van der Waals surface area contributed by atoms with Crippen LogP contribution in [0.4, 0.5) is 5.69 Å². The van der Waals surface area contributed by atoms with Crippen LogP contribution in [0.2, 0.25) is 0 Å². The molecule has 2 heterocycles. The van der Waals surface area contributed by atoms with Crippen molar-refractivity contribution in [2.75, 3.05) is 45.7 Å². The van der Waals surface area contributed by atoms with Crippen molar-refractivity contribution in [1.29, 1.82) is 0 Å². The summed E-state index contributed by atoms with van der Waals surface area (Å²) in [5, 5.41) is 8.13. The summed E-state index contributed by atoms with van der Waals surface area (Å²) in [6.07, 6.45) is 4.33. The summed E-state index contributed by atoms with van der Waals surface area (Å²) < 4.78 is 17.2. The first kappa shape index (κ1) is 24.0. The van der Waals surface area contributed by atoms with Gasteiger partial charge < -0.3 is 29.7 Å². The van der Waals surface area contributed by atoms with Gasteiger partial charge in [0.1, 0.15) is 11.5 Å². The lowest BCUT2D eigenvalue weighted by Gasteiger charge is -2.18. The van der Waals surface area contributed by atoms with Crippen LogP contribution in [0.5, 0.6) is 23.0 Å². The molecule has 1 saturated heterocycles. The molecule has 0 aliphatic carbocycles. The van der Waals surface area contributed by atoms with E-state index in [0.29, 0.717) is 22.4 Å². The van der Waals surface area contributed by atoms with Gasteiger partial charge in [-0.15, -0.1) is 0 Å². The number of hydrogen-bond donors (Lipinski definition) is 2. The van der Waals surface area contributed by atoms with Crippen molar-refractivity contribution in [1.82, 2.24) is 15.2 Å². The van der Waals surface area contributed by atoms with Crippen molar-refractivity contribution in [3.8, 4) is 23.0 Å². The third kappa shape index (κ3) is 5.51. The Morgan fingerprint density at radius 1 is 0.971 bits per heavy atom. The Morgan fingerprint density at radius 2 is 1.71 bits per heavy atom. The Bertz CT molecular complexity index is 1180. The molecule has 2 N–H and O–H groups in total. The van der Waals surface area contributed by atoms with Gasteiger partial charge in [0, 0.05) is 36.4 Å². The van der Waals surface area contributed by atoms with Crippen LogP contribution < -0.4 is 24.8 Å². The summed E-state index contributed by atoms with van der Waals surface area (Å²) in [6.45, 7) is 8.30. The van der Waals surface area contributed by atoms with Crippen LogP contribution in [0.1, 0.15) is 24.0 Å². The number of aromatic nitrogens is 1. The maximum Gasteiger partial charge on any atom is 0.170 e. The zero-order chi connectivity index (χ0) is 24.1. The quantitative estimate of drug-likeness (QED) is 0.435. The van der Waals surface area contributed by atoms with Gasteiger partial charge in [0.15, 0.2) is 16.6 Å². The number of ether oxygens (including phenoxy) is 3. The molecule has 3 aromatic rings. The second-order valence-corrected chi connectivity index (χ2v) is 8.91. The molecule has 180 valence electrons.